The Kier molecular flexibility index (Phi) is 6.05. The number of rotatable bonds is 4. The lowest BCUT2D eigenvalue weighted by Crippen LogP contribution is -2.37. The van der Waals surface area contributed by atoms with Gasteiger partial charge >= 0.3 is 0 Å². The second-order valence-electron chi connectivity index (χ2n) is 11.3. The van der Waals surface area contributed by atoms with Gasteiger partial charge in [-0.15, -0.1) is 11.3 Å². The molecule has 0 saturated carbocycles. The molecule has 0 bridgehead atoms. The quantitative estimate of drug-likeness (QED) is 0.213. The molecule has 0 N–H and O–H groups in total. The summed E-state index contributed by atoms with van der Waals surface area (Å²) in [5, 5.41) is 5.25. The molecule has 3 aromatic heterocycles. The first kappa shape index (κ1) is 24.7. The molecule has 4 heteroatoms. The number of hydrogen-bond acceptors (Lipinski definition) is 3. The summed E-state index contributed by atoms with van der Waals surface area (Å²) in [6.07, 6.45) is 1.96. The molecular formula is C34H32N2SSi. The topological polar surface area (TPSA) is 25.8 Å². The second kappa shape index (κ2) is 9.30. The Bertz CT molecular complexity index is 1800. The molecule has 6 aromatic rings. The van der Waals surface area contributed by atoms with Crippen LogP contribution < -0.4 is 5.19 Å². The summed E-state index contributed by atoms with van der Waals surface area (Å²) in [6, 6.07) is 29.1. The highest BCUT2D eigenvalue weighted by Crippen LogP contribution is 2.43. The van der Waals surface area contributed by atoms with Gasteiger partial charge in [-0.05, 0) is 89.5 Å². The molecule has 0 aliphatic carbocycles. The van der Waals surface area contributed by atoms with E-state index in [0.717, 1.165) is 22.6 Å². The fourth-order valence-electron chi connectivity index (χ4n) is 5.43. The summed E-state index contributed by atoms with van der Waals surface area (Å²) < 4.78 is 1.25. The number of nitrogens with zero attached hydrogens (tertiary/aromatic N) is 2. The summed E-state index contributed by atoms with van der Waals surface area (Å²) in [5.41, 5.74) is 9.32. The van der Waals surface area contributed by atoms with Crippen LogP contribution in [0.25, 0.3) is 53.7 Å². The van der Waals surface area contributed by atoms with Crippen molar-refractivity contribution in [3.8, 4) is 32.8 Å². The molecule has 0 aliphatic heterocycles. The predicted octanol–water partition coefficient (Wildman–Crippen LogP) is 9.32. The summed E-state index contributed by atoms with van der Waals surface area (Å²) in [4.78, 5) is 10.9. The molecule has 188 valence electrons. The van der Waals surface area contributed by atoms with Gasteiger partial charge in [0.15, 0.2) is 0 Å². The zero-order valence-corrected chi connectivity index (χ0v) is 24.7. The van der Waals surface area contributed by atoms with Crippen LogP contribution in [0.4, 0.5) is 0 Å². The van der Waals surface area contributed by atoms with Crippen molar-refractivity contribution in [2.45, 2.75) is 40.4 Å². The average Bonchev–Trinajstić information content (AvgIpc) is 3.23. The Labute approximate surface area is 230 Å². The molecule has 3 aromatic carbocycles. The zero-order chi connectivity index (χ0) is 26.6. The van der Waals surface area contributed by atoms with Crippen molar-refractivity contribution < 1.29 is 0 Å². The van der Waals surface area contributed by atoms with Crippen LogP contribution >= 0.6 is 11.3 Å². The molecule has 38 heavy (non-hydrogen) atoms. The maximum Gasteiger partial charge on any atom is 0.0880 e. The van der Waals surface area contributed by atoms with Crippen molar-refractivity contribution in [3.05, 3.63) is 102 Å². The number of aromatic nitrogens is 2. The molecule has 2 nitrogen and oxygen atoms in total. The van der Waals surface area contributed by atoms with E-state index in [2.05, 4.69) is 124 Å². The van der Waals surface area contributed by atoms with Crippen LogP contribution in [0.2, 0.25) is 19.6 Å². The van der Waals surface area contributed by atoms with Gasteiger partial charge in [0.05, 0.1) is 18.5 Å². The van der Waals surface area contributed by atoms with Crippen LogP contribution in [0.3, 0.4) is 0 Å². The highest BCUT2D eigenvalue weighted by Gasteiger charge is 2.19. The minimum atomic E-state index is -1.33. The highest BCUT2D eigenvalue weighted by molar-refractivity contribution is 7.23. The van der Waals surface area contributed by atoms with Crippen LogP contribution in [-0.4, -0.2) is 18.0 Å². The third-order valence-electron chi connectivity index (χ3n) is 7.39. The third kappa shape index (κ3) is 4.38. The second-order valence-corrected chi connectivity index (χ2v) is 17.4. The van der Waals surface area contributed by atoms with Gasteiger partial charge in [-0.1, -0.05) is 73.4 Å². The monoisotopic (exact) mass is 528 g/mol. The van der Waals surface area contributed by atoms with Gasteiger partial charge in [0.25, 0.3) is 0 Å². The van der Waals surface area contributed by atoms with E-state index in [-0.39, 0.29) is 0 Å². The van der Waals surface area contributed by atoms with Crippen molar-refractivity contribution in [3.63, 3.8) is 0 Å². The van der Waals surface area contributed by atoms with Crippen molar-refractivity contribution in [2.24, 2.45) is 0 Å². The Morgan fingerprint density at radius 2 is 1.39 bits per heavy atom. The van der Waals surface area contributed by atoms with E-state index >= 15 is 0 Å². The maximum atomic E-state index is 4.95. The van der Waals surface area contributed by atoms with Crippen molar-refractivity contribution in [1.29, 1.82) is 0 Å². The van der Waals surface area contributed by atoms with Crippen LogP contribution in [-0.2, 0) is 0 Å². The maximum absolute atomic E-state index is 4.95. The van der Waals surface area contributed by atoms with Gasteiger partial charge in [0.2, 0.25) is 0 Å². The van der Waals surface area contributed by atoms with Crippen molar-refractivity contribution in [1.82, 2.24) is 9.97 Å². The van der Waals surface area contributed by atoms with Gasteiger partial charge in [-0.2, -0.15) is 0 Å². The Morgan fingerprint density at radius 1 is 0.684 bits per heavy atom. The van der Waals surface area contributed by atoms with E-state index in [1.54, 1.807) is 0 Å². The van der Waals surface area contributed by atoms with E-state index < -0.39 is 8.07 Å². The lowest BCUT2D eigenvalue weighted by Gasteiger charge is -2.16. The summed E-state index contributed by atoms with van der Waals surface area (Å²) in [6.45, 7) is 13.6. The molecule has 6 rings (SSSR count). The first-order chi connectivity index (χ1) is 18.2. The lowest BCUT2D eigenvalue weighted by atomic mass is 9.94. The predicted molar refractivity (Wildman–Crippen MR) is 168 cm³/mol. The molecule has 0 saturated heterocycles. The number of fused-ring (bicyclic) bond motifs is 2. The number of aryl methyl sites for hydroxylation is 3. The molecule has 0 spiro atoms. The normalized spacial score (nSPS) is 11.9. The fourth-order valence-corrected chi connectivity index (χ4v) is 7.91. The van der Waals surface area contributed by atoms with E-state index in [0.29, 0.717) is 0 Å². The SMILES string of the molecule is Cc1cc(-c2cc(-c3nccc4c(C)c(-c5ccc([Si](C)(C)C)cc5)sc34)cc3ccccc23)cc(C)n1. The molecule has 0 amide bonds. The van der Waals surface area contributed by atoms with Crippen molar-refractivity contribution >= 4 is 45.5 Å². The van der Waals surface area contributed by atoms with Crippen molar-refractivity contribution in [2.75, 3.05) is 0 Å². The summed E-state index contributed by atoms with van der Waals surface area (Å²) in [7, 11) is -1.33. The van der Waals surface area contributed by atoms with Crippen LogP contribution in [0.1, 0.15) is 17.0 Å². The Hall–Kier alpha value is -3.60. The number of benzene rings is 3. The lowest BCUT2D eigenvalue weighted by molar-refractivity contribution is 1.12. The number of thiophene rings is 1. The molecule has 0 fully saturated rings. The van der Waals surface area contributed by atoms with Crippen LogP contribution in [0.15, 0.2) is 85.1 Å². The molecule has 0 aliphatic rings. The van der Waals surface area contributed by atoms with Crippen LogP contribution in [0.5, 0.6) is 0 Å². The molecule has 3 heterocycles. The number of hydrogen-bond donors (Lipinski definition) is 0. The Morgan fingerprint density at radius 3 is 2.11 bits per heavy atom. The smallest absolute Gasteiger partial charge is 0.0880 e. The van der Waals surface area contributed by atoms with E-state index in [1.807, 2.05) is 17.5 Å². The Balaban J connectivity index is 1.55. The highest BCUT2D eigenvalue weighted by atomic mass is 32.1. The third-order valence-corrected chi connectivity index (χ3v) is 10.8. The van der Waals surface area contributed by atoms with E-state index in [9.17, 15) is 0 Å². The van der Waals surface area contributed by atoms with Gasteiger partial charge in [-0.3, -0.25) is 9.97 Å². The standard InChI is InChI=1S/C34H32N2SSi/c1-21-17-26(18-22(2)36-21)31-20-27(19-25-9-7-8-10-30(25)31)32-34-29(15-16-35-32)23(3)33(37-34)24-11-13-28(14-12-24)38(4,5)6/h7-20H,1-6H3. The number of pyridine rings is 2. The fraction of sp³-hybridized carbons (Fsp3) is 0.176. The van der Waals surface area contributed by atoms with E-state index in [4.69, 9.17) is 4.98 Å². The largest absolute Gasteiger partial charge is 0.258 e. The average molecular weight is 529 g/mol. The molecule has 0 radical (unpaired) electrons. The minimum Gasteiger partial charge on any atom is -0.258 e. The first-order valence-corrected chi connectivity index (χ1v) is 17.5. The van der Waals surface area contributed by atoms with E-state index in [1.165, 1.54) is 53.2 Å². The first-order valence-electron chi connectivity index (χ1n) is 13.2. The van der Waals surface area contributed by atoms with Crippen LogP contribution in [0, 0.1) is 20.8 Å². The van der Waals surface area contributed by atoms with Gasteiger partial charge in [0.1, 0.15) is 0 Å². The summed E-state index contributed by atoms with van der Waals surface area (Å²) in [5.74, 6) is 0. The molecular weight excluding hydrogens is 497 g/mol. The summed E-state index contributed by atoms with van der Waals surface area (Å²) >= 11 is 1.86. The van der Waals surface area contributed by atoms with Gasteiger partial charge in [-0.25, -0.2) is 0 Å². The molecule has 0 unspecified atom stereocenters. The van der Waals surface area contributed by atoms with Gasteiger partial charge in [0, 0.05) is 28.0 Å². The minimum absolute atomic E-state index is 1.04. The molecule has 0 atom stereocenters. The van der Waals surface area contributed by atoms with Gasteiger partial charge < -0.3 is 0 Å². The zero-order valence-electron chi connectivity index (χ0n) is 22.9.